The highest BCUT2D eigenvalue weighted by molar-refractivity contribution is 5.75. The second-order valence-electron chi connectivity index (χ2n) is 4.48. The van der Waals surface area contributed by atoms with Gasteiger partial charge in [-0.2, -0.15) is 0 Å². The summed E-state index contributed by atoms with van der Waals surface area (Å²) in [5.74, 6) is -0.520. The van der Waals surface area contributed by atoms with Crippen molar-refractivity contribution in [3.8, 4) is 0 Å². The van der Waals surface area contributed by atoms with Gasteiger partial charge in [-0.3, -0.25) is 4.79 Å². The Morgan fingerprint density at radius 3 is 2.05 bits per heavy atom. The predicted molar refractivity (Wildman–Crippen MR) is 78.0 cm³/mol. The molecule has 1 atom stereocenters. The van der Waals surface area contributed by atoms with E-state index in [4.69, 9.17) is 29.8 Å². The first-order valence-corrected chi connectivity index (χ1v) is 7.48. The van der Waals surface area contributed by atoms with E-state index in [1.165, 1.54) is 0 Å². The molecule has 7 nitrogen and oxygen atoms in total. The Morgan fingerprint density at radius 1 is 1.00 bits per heavy atom. The Kier molecular flexibility index (Phi) is 15.1. The Morgan fingerprint density at radius 2 is 1.52 bits per heavy atom. The summed E-state index contributed by atoms with van der Waals surface area (Å²) in [5, 5.41) is 8.62. The summed E-state index contributed by atoms with van der Waals surface area (Å²) in [7, 11) is 0. The molecule has 0 aliphatic rings. The first kappa shape index (κ1) is 20.3. The molecular weight excluding hydrogens is 278 g/mol. The number of unbranched alkanes of at least 4 members (excludes halogenated alkanes) is 1. The third-order valence-corrected chi connectivity index (χ3v) is 2.60. The zero-order valence-corrected chi connectivity index (χ0v) is 12.9. The largest absolute Gasteiger partial charge is 0.462 e. The van der Waals surface area contributed by atoms with Gasteiger partial charge in [0.05, 0.1) is 33.0 Å². The number of hydrogen-bond donors (Lipinski definition) is 2. The number of carbonyl (C=O) groups excluding carboxylic acids is 1. The van der Waals surface area contributed by atoms with Gasteiger partial charge in [-0.1, -0.05) is 13.3 Å². The highest BCUT2D eigenvalue weighted by Gasteiger charge is 2.13. The molecule has 0 aliphatic heterocycles. The molecule has 0 aliphatic carbocycles. The number of nitrogens with two attached hydrogens (primary N) is 1. The zero-order valence-electron chi connectivity index (χ0n) is 12.9. The Hall–Kier alpha value is -0.730. The van der Waals surface area contributed by atoms with E-state index in [2.05, 4.69) is 6.92 Å². The van der Waals surface area contributed by atoms with Crippen LogP contribution in [0.2, 0.25) is 0 Å². The molecule has 0 heterocycles. The molecule has 3 N–H and O–H groups in total. The minimum atomic E-state index is -0.772. The van der Waals surface area contributed by atoms with E-state index in [0.29, 0.717) is 33.0 Å². The smallest absolute Gasteiger partial charge is 0.323 e. The molecule has 0 aromatic carbocycles. The van der Waals surface area contributed by atoms with E-state index in [1.807, 2.05) is 0 Å². The Bertz CT molecular complexity index is 240. The summed E-state index contributed by atoms with van der Waals surface area (Å²) in [4.78, 5) is 11.3. The molecule has 21 heavy (non-hydrogen) atoms. The lowest BCUT2D eigenvalue weighted by atomic mass is 10.2. The van der Waals surface area contributed by atoms with Crippen molar-refractivity contribution >= 4 is 5.97 Å². The molecule has 0 amide bonds. The lowest BCUT2D eigenvalue weighted by Gasteiger charge is -2.10. The van der Waals surface area contributed by atoms with Gasteiger partial charge in [0.25, 0.3) is 0 Å². The third kappa shape index (κ3) is 14.0. The molecule has 0 aromatic heterocycles. The number of hydrogen-bond acceptors (Lipinski definition) is 7. The van der Waals surface area contributed by atoms with Gasteiger partial charge in [0, 0.05) is 13.2 Å². The van der Waals surface area contributed by atoms with Crippen LogP contribution in [0, 0.1) is 0 Å². The summed E-state index contributed by atoms with van der Waals surface area (Å²) in [6.45, 7) is 5.29. The Labute approximate surface area is 126 Å². The van der Waals surface area contributed by atoms with Crippen LogP contribution in [0.1, 0.15) is 26.2 Å². The number of ether oxygens (including phenoxy) is 4. The van der Waals surface area contributed by atoms with Crippen molar-refractivity contribution in [3.05, 3.63) is 0 Å². The third-order valence-electron chi connectivity index (χ3n) is 2.60. The summed E-state index contributed by atoms with van der Waals surface area (Å²) in [5.41, 5.74) is 5.46. The van der Waals surface area contributed by atoms with Crippen LogP contribution in [-0.4, -0.2) is 70.0 Å². The zero-order chi connectivity index (χ0) is 15.8. The number of aliphatic hydroxyl groups excluding tert-OH is 1. The van der Waals surface area contributed by atoms with E-state index in [0.717, 1.165) is 19.4 Å². The second-order valence-corrected chi connectivity index (χ2v) is 4.48. The van der Waals surface area contributed by atoms with Crippen molar-refractivity contribution in [3.63, 3.8) is 0 Å². The lowest BCUT2D eigenvalue weighted by Crippen LogP contribution is -2.33. The molecule has 7 heteroatoms. The van der Waals surface area contributed by atoms with Crippen LogP contribution in [0.3, 0.4) is 0 Å². The van der Waals surface area contributed by atoms with Crippen molar-refractivity contribution in [1.82, 2.24) is 0 Å². The molecular formula is C14H29NO6. The molecule has 0 aromatic rings. The summed E-state index contributed by atoms with van der Waals surface area (Å²) < 4.78 is 20.8. The topological polar surface area (TPSA) is 100 Å². The number of rotatable bonds is 15. The fourth-order valence-corrected chi connectivity index (χ4v) is 1.35. The quantitative estimate of drug-likeness (QED) is 0.326. The fourth-order valence-electron chi connectivity index (χ4n) is 1.35. The van der Waals surface area contributed by atoms with Crippen LogP contribution in [-0.2, 0) is 23.7 Å². The van der Waals surface area contributed by atoms with Crippen LogP contribution in [0.25, 0.3) is 0 Å². The molecule has 0 unspecified atom stereocenters. The van der Waals surface area contributed by atoms with Crippen molar-refractivity contribution in [1.29, 1.82) is 0 Å². The van der Waals surface area contributed by atoms with Crippen LogP contribution in [0.5, 0.6) is 0 Å². The van der Waals surface area contributed by atoms with Gasteiger partial charge in [0.2, 0.25) is 0 Å². The van der Waals surface area contributed by atoms with Gasteiger partial charge >= 0.3 is 5.97 Å². The van der Waals surface area contributed by atoms with Crippen molar-refractivity contribution in [2.75, 3.05) is 52.9 Å². The van der Waals surface area contributed by atoms with E-state index in [9.17, 15) is 4.79 Å². The average Bonchev–Trinajstić information content (AvgIpc) is 2.48. The molecule has 0 saturated carbocycles. The minimum Gasteiger partial charge on any atom is -0.462 e. The first-order chi connectivity index (χ1) is 10.2. The number of aliphatic hydroxyl groups is 1. The van der Waals surface area contributed by atoms with Crippen LogP contribution in [0.4, 0.5) is 0 Å². The standard InChI is InChI=1S/C14H29NO6/c1-2-3-6-18-7-8-19-9-10-20-11-12-21-14(17)13(15)4-5-16/h13,16H,2-12,15H2,1H3/t13-/m0/s1. The number of carbonyl (C=O) groups is 1. The predicted octanol–water partition coefficient (Wildman–Crippen LogP) is 0.0892. The summed E-state index contributed by atoms with van der Waals surface area (Å²) in [6.07, 6.45) is 2.40. The minimum absolute atomic E-state index is 0.133. The molecule has 0 spiro atoms. The van der Waals surface area contributed by atoms with Crippen molar-refractivity contribution < 1.29 is 28.8 Å². The molecule has 0 saturated heterocycles. The first-order valence-electron chi connectivity index (χ1n) is 7.48. The van der Waals surface area contributed by atoms with Gasteiger partial charge in [0.15, 0.2) is 0 Å². The van der Waals surface area contributed by atoms with E-state index >= 15 is 0 Å². The molecule has 0 rings (SSSR count). The van der Waals surface area contributed by atoms with Crippen molar-refractivity contribution in [2.45, 2.75) is 32.2 Å². The maximum atomic E-state index is 11.3. The van der Waals surface area contributed by atoms with Crippen LogP contribution < -0.4 is 5.73 Å². The van der Waals surface area contributed by atoms with Gasteiger partial charge in [-0.15, -0.1) is 0 Å². The lowest BCUT2D eigenvalue weighted by molar-refractivity contribution is -0.147. The second kappa shape index (κ2) is 15.7. The van der Waals surface area contributed by atoms with Gasteiger partial charge in [-0.05, 0) is 12.8 Å². The van der Waals surface area contributed by atoms with Gasteiger partial charge in [0.1, 0.15) is 12.6 Å². The highest BCUT2D eigenvalue weighted by atomic mass is 16.6. The summed E-state index contributed by atoms with van der Waals surface area (Å²) in [6, 6.07) is -0.772. The van der Waals surface area contributed by atoms with Crippen LogP contribution >= 0.6 is 0 Å². The molecule has 0 fully saturated rings. The average molecular weight is 307 g/mol. The van der Waals surface area contributed by atoms with Gasteiger partial charge < -0.3 is 29.8 Å². The maximum absolute atomic E-state index is 11.3. The highest BCUT2D eigenvalue weighted by Crippen LogP contribution is 1.92. The maximum Gasteiger partial charge on any atom is 0.323 e. The summed E-state index contributed by atoms with van der Waals surface area (Å²) >= 11 is 0. The molecule has 0 bridgehead atoms. The van der Waals surface area contributed by atoms with E-state index in [-0.39, 0.29) is 19.6 Å². The monoisotopic (exact) mass is 307 g/mol. The molecule has 126 valence electrons. The van der Waals surface area contributed by atoms with Crippen molar-refractivity contribution in [2.24, 2.45) is 5.73 Å². The van der Waals surface area contributed by atoms with E-state index < -0.39 is 12.0 Å². The SMILES string of the molecule is CCCCOCCOCCOCCOC(=O)[C@@H](N)CCO. The van der Waals surface area contributed by atoms with E-state index in [1.54, 1.807) is 0 Å². The number of esters is 1. The Balaban J connectivity index is 3.17. The fraction of sp³-hybridized carbons (Fsp3) is 0.929. The van der Waals surface area contributed by atoms with Crippen LogP contribution in [0.15, 0.2) is 0 Å². The van der Waals surface area contributed by atoms with Gasteiger partial charge in [-0.25, -0.2) is 0 Å². The normalized spacial score (nSPS) is 12.3. The molecule has 0 radical (unpaired) electrons.